The molecule has 0 unspecified atom stereocenters. The summed E-state index contributed by atoms with van der Waals surface area (Å²) in [6.07, 6.45) is -0.934. The van der Waals surface area contributed by atoms with Crippen LogP contribution in [0, 0.1) is 0 Å². The molecule has 0 aromatic carbocycles. The van der Waals surface area contributed by atoms with Crippen molar-refractivity contribution < 1.29 is 15.3 Å². The number of halogens is 1. The van der Waals surface area contributed by atoms with Gasteiger partial charge < -0.3 is 20.6 Å². The average Bonchev–Trinajstić information content (AvgIpc) is 1.80. The Morgan fingerprint density at radius 2 is 1.80 bits per heavy atom. The van der Waals surface area contributed by atoms with Gasteiger partial charge in [0.25, 0.3) is 0 Å². The highest BCUT2D eigenvalue weighted by Gasteiger charge is 1.93. The lowest BCUT2D eigenvalue weighted by molar-refractivity contribution is -0.0444. The Bertz CT molecular complexity index is 62.9. The summed E-state index contributed by atoms with van der Waals surface area (Å²) < 4.78 is 0. The van der Waals surface area contributed by atoms with E-state index in [-0.39, 0.29) is 19.0 Å². The van der Waals surface area contributed by atoms with Crippen LogP contribution in [-0.4, -0.2) is 41.3 Å². The minimum absolute atomic E-state index is 0. The zero-order valence-corrected chi connectivity index (χ0v) is 6.47. The molecule has 0 saturated heterocycles. The largest absolute Gasteiger partial charge is 0.395 e. The molecular formula is C5H14ClNO3. The highest BCUT2D eigenvalue weighted by atomic mass is 35.5. The minimum Gasteiger partial charge on any atom is -0.395 e. The van der Waals surface area contributed by atoms with Gasteiger partial charge in [-0.05, 0) is 0 Å². The zero-order valence-electron chi connectivity index (χ0n) is 5.66. The maximum Gasteiger partial charge on any atom is 0.152 e. The van der Waals surface area contributed by atoms with Gasteiger partial charge in [-0.3, -0.25) is 0 Å². The van der Waals surface area contributed by atoms with Gasteiger partial charge in [-0.2, -0.15) is 0 Å². The van der Waals surface area contributed by atoms with E-state index < -0.39 is 6.29 Å². The predicted molar refractivity (Wildman–Crippen MR) is 40.0 cm³/mol. The molecule has 5 heteroatoms. The quantitative estimate of drug-likeness (QED) is 0.306. The molecule has 0 aromatic heterocycles. The van der Waals surface area contributed by atoms with Crippen molar-refractivity contribution in [3.8, 4) is 0 Å². The summed E-state index contributed by atoms with van der Waals surface area (Å²) in [5.74, 6) is 0. The monoisotopic (exact) mass is 171 g/mol. The van der Waals surface area contributed by atoms with Gasteiger partial charge in [-0.1, -0.05) is 0 Å². The van der Waals surface area contributed by atoms with E-state index in [4.69, 9.17) is 15.3 Å². The number of nitrogens with one attached hydrogen (secondary N) is 1. The molecule has 64 valence electrons. The fourth-order valence-corrected chi connectivity index (χ4v) is 0.435. The van der Waals surface area contributed by atoms with Crippen molar-refractivity contribution in [1.29, 1.82) is 0 Å². The van der Waals surface area contributed by atoms with Gasteiger partial charge in [0.15, 0.2) is 6.29 Å². The Morgan fingerprint density at radius 3 is 2.20 bits per heavy atom. The Balaban J connectivity index is 0. The van der Waals surface area contributed by atoms with E-state index in [1.165, 1.54) is 0 Å². The Hall–Kier alpha value is 0.130. The van der Waals surface area contributed by atoms with Crippen LogP contribution < -0.4 is 5.32 Å². The SMILES string of the molecule is Cl.OCCNCCC(O)O. The van der Waals surface area contributed by atoms with Crippen LogP contribution in [0.5, 0.6) is 0 Å². The second-order valence-corrected chi connectivity index (χ2v) is 1.74. The fraction of sp³-hybridized carbons (Fsp3) is 1.00. The molecule has 0 aromatic rings. The van der Waals surface area contributed by atoms with Gasteiger partial charge in [0.2, 0.25) is 0 Å². The third-order valence-corrected chi connectivity index (χ3v) is 0.868. The summed E-state index contributed by atoms with van der Waals surface area (Å²) in [6, 6.07) is 0. The zero-order chi connectivity index (χ0) is 7.11. The molecule has 0 atom stereocenters. The molecule has 0 bridgehead atoms. The van der Waals surface area contributed by atoms with Crippen molar-refractivity contribution in [3.63, 3.8) is 0 Å². The fourth-order valence-electron chi connectivity index (χ4n) is 0.435. The molecule has 10 heavy (non-hydrogen) atoms. The van der Waals surface area contributed by atoms with E-state index in [0.29, 0.717) is 19.5 Å². The van der Waals surface area contributed by atoms with Crippen LogP contribution in [0.4, 0.5) is 0 Å². The lowest BCUT2D eigenvalue weighted by Gasteiger charge is -2.02. The second-order valence-electron chi connectivity index (χ2n) is 1.74. The highest BCUT2D eigenvalue weighted by molar-refractivity contribution is 5.85. The van der Waals surface area contributed by atoms with Crippen molar-refractivity contribution in [2.45, 2.75) is 12.7 Å². The van der Waals surface area contributed by atoms with Gasteiger partial charge in [0.05, 0.1) is 6.61 Å². The molecule has 0 aliphatic heterocycles. The van der Waals surface area contributed by atoms with Crippen LogP contribution in [0.2, 0.25) is 0 Å². The first-order chi connectivity index (χ1) is 4.27. The van der Waals surface area contributed by atoms with E-state index in [0.717, 1.165) is 0 Å². The van der Waals surface area contributed by atoms with E-state index >= 15 is 0 Å². The lowest BCUT2D eigenvalue weighted by Crippen LogP contribution is -2.22. The normalized spacial score (nSPS) is 9.60. The van der Waals surface area contributed by atoms with Crippen molar-refractivity contribution in [2.24, 2.45) is 0 Å². The van der Waals surface area contributed by atoms with Crippen LogP contribution in [0.1, 0.15) is 6.42 Å². The molecule has 0 saturated carbocycles. The summed E-state index contributed by atoms with van der Waals surface area (Å²) in [5.41, 5.74) is 0. The maximum atomic E-state index is 8.30. The van der Waals surface area contributed by atoms with Crippen LogP contribution in [0.3, 0.4) is 0 Å². The Labute approximate surface area is 66.3 Å². The van der Waals surface area contributed by atoms with Crippen LogP contribution in [0.25, 0.3) is 0 Å². The molecule has 0 heterocycles. The third kappa shape index (κ3) is 11.0. The molecule has 0 aliphatic carbocycles. The third-order valence-electron chi connectivity index (χ3n) is 0.868. The minimum atomic E-state index is -1.24. The molecule has 0 rings (SSSR count). The number of hydrogen-bond acceptors (Lipinski definition) is 4. The summed E-state index contributed by atoms with van der Waals surface area (Å²) >= 11 is 0. The average molecular weight is 172 g/mol. The van der Waals surface area contributed by atoms with Crippen LogP contribution >= 0.6 is 12.4 Å². The van der Waals surface area contributed by atoms with Gasteiger partial charge in [-0.25, -0.2) is 0 Å². The van der Waals surface area contributed by atoms with Crippen molar-refractivity contribution in [1.82, 2.24) is 5.32 Å². The summed E-state index contributed by atoms with van der Waals surface area (Å²) in [7, 11) is 0. The lowest BCUT2D eigenvalue weighted by atomic mass is 10.4. The number of hydrogen-bond donors (Lipinski definition) is 4. The number of aliphatic hydroxyl groups is 3. The molecule has 0 amide bonds. The van der Waals surface area contributed by atoms with Crippen molar-refractivity contribution >= 4 is 12.4 Å². The molecule has 4 nitrogen and oxygen atoms in total. The molecular weight excluding hydrogens is 158 g/mol. The summed E-state index contributed by atoms with van der Waals surface area (Å²) in [4.78, 5) is 0. The van der Waals surface area contributed by atoms with Crippen LogP contribution in [0.15, 0.2) is 0 Å². The van der Waals surface area contributed by atoms with E-state index in [9.17, 15) is 0 Å². The number of aliphatic hydroxyl groups excluding tert-OH is 2. The first-order valence-corrected chi connectivity index (χ1v) is 2.95. The highest BCUT2D eigenvalue weighted by Crippen LogP contribution is 1.80. The Morgan fingerprint density at radius 1 is 1.20 bits per heavy atom. The van der Waals surface area contributed by atoms with E-state index in [1.807, 2.05) is 0 Å². The first-order valence-electron chi connectivity index (χ1n) is 2.95. The van der Waals surface area contributed by atoms with Gasteiger partial charge >= 0.3 is 0 Å². The van der Waals surface area contributed by atoms with Gasteiger partial charge in [0.1, 0.15) is 0 Å². The van der Waals surface area contributed by atoms with Gasteiger partial charge in [0, 0.05) is 19.5 Å². The predicted octanol–water partition coefficient (Wildman–Crippen LogP) is -1.31. The molecule has 0 aliphatic rings. The molecule has 4 N–H and O–H groups in total. The smallest absolute Gasteiger partial charge is 0.152 e. The van der Waals surface area contributed by atoms with E-state index in [1.54, 1.807) is 0 Å². The Kier molecular flexibility index (Phi) is 11.7. The molecule has 0 radical (unpaired) electrons. The summed E-state index contributed by atoms with van der Waals surface area (Å²) in [6.45, 7) is 1.12. The number of rotatable bonds is 5. The summed E-state index contributed by atoms with van der Waals surface area (Å²) in [5, 5.41) is 27.6. The first kappa shape index (κ1) is 12.8. The van der Waals surface area contributed by atoms with E-state index in [2.05, 4.69) is 5.32 Å². The van der Waals surface area contributed by atoms with Crippen molar-refractivity contribution in [2.75, 3.05) is 19.7 Å². The second kappa shape index (κ2) is 9.13. The molecule has 0 spiro atoms. The standard InChI is InChI=1S/C5H13NO3.ClH/c7-4-3-6-2-1-5(8)9;/h5-9H,1-4H2;1H. The molecule has 0 fully saturated rings. The van der Waals surface area contributed by atoms with Crippen molar-refractivity contribution in [3.05, 3.63) is 0 Å². The van der Waals surface area contributed by atoms with Gasteiger partial charge in [-0.15, -0.1) is 12.4 Å². The topological polar surface area (TPSA) is 72.7 Å². The maximum absolute atomic E-state index is 8.30. The van der Waals surface area contributed by atoms with Crippen LogP contribution in [-0.2, 0) is 0 Å².